The number of carbonyl (C=O) groups is 4. The predicted octanol–water partition coefficient (Wildman–Crippen LogP) is 2.57. The van der Waals surface area contributed by atoms with Crippen molar-refractivity contribution in [1.29, 1.82) is 0 Å². The summed E-state index contributed by atoms with van der Waals surface area (Å²) in [7, 11) is 1.42. The van der Waals surface area contributed by atoms with Crippen LogP contribution in [0.2, 0.25) is 5.02 Å². The molecule has 2 aromatic carbocycles. The number of halogens is 2. The number of ether oxygens (including phenoxy) is 1. The first-order valence-electron chi connectivity index (χ1n) is 9.38. The minimum atomic E-state index is -1.67. The molecule has 3 amide bonds. The largest absolute Gasteiger partial charge is 0.452 e. The first-order valence-corrected chi connectivity index (χ1v) is 9.76. The van der Waals surface area contributed by atoms with E-state index >= 15 is 0 Å². The van der Waals surface area contributed by atoms with Gasteiger partial charge in [-0.1, -0.05) is 23.7 Å². The van der Waals surface area contributed by atoms with Gasteiger partial charge in [0.25, 0.3) is 11.8 Å². The van der Waals surface area contributed by atoms with Gasteiger partial charge in [-0.2, -0.15) is 0 Å². The number of fused-ring (bicyclic) bond motifs is 3. The van der Waals surface area contributed by atoms with Crippen molar-refractivity contribution in [3.8, 4) is 0 Å². The van der Waals surface area contributed by atoms with Crippen molar-refractivity contribution in [3.05, 3.63) is 58.9 Å². The van der Waals surface area contributed by atoms with Crippen LogP contribution >= 0.6 is 11.6 Å². The Morgan fingerprint density at radius 2 is 1.97 bits per heavy atom. The number of likely N-dealkylation sites (N-methyl/N-ethyl adjacent to an activating group) is 1. The first-order chi connectivity index (χ1) is 14.8. The molecule has 0 radical (unpaired) electrons. The van der Waals surface area contributed by atoms with E-state index in [4.69, 9.17) is 16.3 Å². The summed E-state index contributed by atoms with van der Waals surface area (Å²) in [5, 5.41) is 2.41. The molecular weight excluding hydrogens is 429 g/mol. The maximum absolute atomic E-state index is 13.1. The molecular formula is C21H17ClFN3O5. The minimum Gasteiger partial charge on any atom is -0.452 e. The zero-order valence-corrected chi connectivity index (χ0v) is 17.1. The second kappa shape index (κ2) is 7.66. The number of amides is 3. The van der Waals surface area contributed by atoms with Crippen LogP contribution in [-0.4, -0.2) is 47.9 Å². The molecule has 10 heteroatoms. The maximum Gasteiger partial charge on any atom is 0.354 e. The fraction of sp³-hybridized carbons (Fsp3) is 0.238. The van der Waals surface area contributed by atoms with Crippen molar-refractivity contribution in [1.82, 2.24) is 4.90 Å². The van der Waals surface area contributed by atoms with E-state index in [9.17, 15) is 23.6 Å². The van der Waals surface area contributed by atoms with Gasteiger partial charge in [0, 0.05) is 19.9 Å². The van der Waals surface area contributed by atoms with Crippen LogP contribution in [0.5, 0.6) is 0 Å². The first kappa shape index (κ1) is 20.8. The Labute approximate surface area is 181 Å². The van der Waals surface area contributed by atoms with Gasteiger partial charge in [-0.05, 0) is 30.3 Å². The van der Waals surface area contributed by atoms with Gasteiger partial charge in [-0.15, -0.1) is 0 Å². The van der Waals surface area contributed by atoms with E-state index in [-0.39, 0.29) is 29.5 Å². The second-order valence-electron chi connectivity index (χ2n) is 7.18. The fourth-order valence-electron chi connectivity index (χ4n) is 3.91. The molecule has 0 spiro atoms. The van der Waals surface area contributed by atoms with Gasteiger partial charge in [-0.25, -0.2) is 9.18 Å². The van der Waals surface area contributed by atoms with Crippen LogP contribution in [0.1, 0.15) is 23.2 Å². The van der Waals surface area contributed by atoms with Crippen LogP contribution in [0, 0.1) is 5.82 Å². The highest BCUT2D eigenvalue weighted by molar-refractivity contribution is 6.33. The average molecular weight is 446 g/mol. The molecule has 2 aliphatic rings. The molecule has 8 nitrogen and oxygen atoms in total. The molecule has 2 aromatic rings. The Hall–Kier alpha value is -3.46. The van der Waals surface area contributed by atoms with Crippen LogP contribution in [0.4, 0.5) is 15.8 Å². The predicted molar refractivity (Wildman–Crippen MR) is 109 cm³/mol. The molecule has 2 heterocycles. The fourth-order valence-corrected chi connectivity index (χ4v) is 4.13. The molecule has 0 aliphatic carbocycles. The minimum absolute atomic E-state index is 0.0138. The van der Waals surface area contributed by atoms with E-state index in [0.29, 0.717) is 11.3 Å². The Balaban J connectivity index is 1.55. The van der Waals surface area contributed by atoms with Crippen LogP contribution in [0.25, 0.3) is 0 Å². The van der Waals surface area contributed by atoms with Gasteiger partial charge in [0.1, 0.15) is 5.82 Å². The van der Waals surface area contributed by atoms with Gasteiger partial charge in [-0.3, -0.25) is 19.3 Å². The molecule has 1 atom stereocenters. The molecule has 0 saturated carbocycles. The maximum atomic E-state index is 13.1. The summed E-state index contributed by atoms with van der Waals surface area (Å²) in [6.45, 7) is -0.681. The van der Waals surface area contributed by atoms with Gasteiger partial charge < -0.3 is 15.0 Å². The number of anilines is 2. The Bertz CT molecular complexity index is 1120. The van der Waals surface area contributed by atoms with E-state index < -0.39 is 35.9 Å². The van der Waals surface area contributed by atoms with Gasteiger partial charge in [0.2, 0.25) is 11.6 Å². The highest BCUT2D eigenvalue weighted by Crippen LogP contribution is 2.44. The molecule has 160 valence electrons. The molecule has 31 heavy (non-hydrogen) atoms. The lowest BCUT2D eigenvalue weighted by Gasteiger charge is -2.46. The Morgan fingerprint density at radius 3 is 2.71 bits per heavy atom. The lowest BCUT2D eigenvalue weighted by Crippen LogP contribution is -2.67. The van der Waals surface area contributed by atoms with E-state index in [1.165, 1.54) is 22.9 Å². The van der Waals surface area contributed by atoms with Crippen molar-refractivity contribution < 1.29 is 28.3 Å². The summed E-state index contributed by atoms with van der Waals surface area (Å²) >= 11 is 5.88. The third-order valence-electron chi connectivity index (χ3n) is 5.41. The Morgan fingerprint density at radius 1 is 1.23 bits per heavy atom. The van der Waals surface area contributed by atoms with Crippen molar-refractivity contribution in [3.63, 3.8) is 0 Å². The van der Waals surface area contributed by atoms with Crippen LogP contribution in [0.3, 0.4) is 0 Å². The van der Waals surface area contributed by atoms with Gasteiger partial charge in [0.15, 0.2) is 6.61 Å². The van der Waals surface area contributed by atoms with E-state index in [0.717, 1.165) is 12.1 Å². The summed E-state index contributed by atoms with van der Waals surface area (Å²) in [6, 6.07) is 9.93. The molecule has 0 bridgehead atoms. The molecule has 1 N–H and O–H groups in total. The standard InChI is InChI=1S/C21H17ClFN3O5/c1-25-19(29)13-4-2-3-5-16(13)26-18(28)8-9-21(25,26)20(30)31-11-17(27)24-15-7-6-12(23)10-14(15)22/h2-7,10H,8-9,11H2,1H3,(H,24,27)/t21-/m0/s1. The highest BCUT2D eigenvalue weighted by atomic mass is 35.5. The van der Waals surface area contributed by atoms with Crippen molar-refractivity contribution >= 4 is 46.7 Å². The average Bonchev–Trinajstić information content (AvgIpc) is 3.11. The summed E-state index contributed by atoms with van der Waals surface area (Å²) in [5.74, 6) is -2.93. The number of carbonyl (C=O) groups excluding carboxylic acids is 4. The summed E-state index contributed by atoms with van der Waals surface area (Å²) < 4.78 is 18.4. The highest BCUT2D eigenvalue weighted by Gasteiger charge is 2.60. The third-order valence-corrected chi connectivity index (χ3v) is 5.72. The quantitative estimate of drug-likeness (QED) is 0.730. The number of para-hydroxylation sites is 1. The van der Waals surface area contributed by atoms with Gasteiger partial charge in [0.05, 0.1) is 22.0 Å². The number of benzene rings is 2. The van der Waals surface area contributed by atoms with Gasteiger partial charge >= 0.3 is 5.97 Å². The lowest BCUT2D eigenvalue weighted by molar-refractivity contribution is -0.158. The number of hydrogen-bond donors (Lipinski definition) is 1. The number of hydrogen-bond acceptors (Lipinski definition) is 5. The van der Waals surface area contributed by atoms with Crippen molar-refractivity contribution in [2.75, 3.05) is 23.9 Å². The molecule has 0 unspecified atom stereocenters. The summed E-state index contributed by atoms with van der Waals surface area (Å²) in [4.78, 5) is 53.3. The topological polar surface area (TPSA) is 96.0 Å². The second-order valence-corrected chi connectivity index (χ2v) is 7.58. The zero-order chi connectivity index (χ0) is 22.3. The molecule has 1 fully saturated rings. The molecule has 1 saturated heterocycles. The third kappa shape index (κ3) is 3.31. The summed E-state index contributed by atoms with van der Waals surface area (Å²) in [6.07, 6.45) is 0.0745. The van der Waals surface area contributed by atoms with Crippen LogP contribution in [-0.2, 0) is 19.1 Å². The number of rotatable bonds is 4. The van der Waals surface area contributed by atoms with Crippen LogP contribution < -0.4 is 10.2 Å². The smallest absolute Gasteiger partial charge is 0.354 e. The Kier molecular flexibility index (Phi) is 5.14. The number of nitrogens with one attached hydrogen (secondary N) is 1. The lowest BCUT2D eigenvalue weighted by atomic mass is 9.97. The molecule has 4 rings (SSSR count). The van der Waals surface area contributed by atoms with Crippen molar-refractivity contribution in [2.45, 2.75) is 18.5 Å². The molecule has 2 aliphatic heterocycles. The van der Waals surface area contributed by atoms with E-state index in [1.807, 2.05) is 0 Å². The monoisotopic (exact) mass is 445 g/mol. The normalized spacial score (nSPS) is 19.7. The number of esters is 1. The van der Waals surface area contributed by atoms with E-state index in [1.54, 1.807) is 24.3 Å². The SMILES string of the molecule is CN1C(=O)c2ccccc2N2C(=O)CC[C@]12C(=O)OCC(=O)Nc1ccc(F)cc1Cl. The van der Waals surface area contributed by atoms with Crippen molar-refractivity contribution in [2.24, 2.45) is 0 Å². The number of nitrogens with zero attached hydrogens (tertiary/aromatic N) is 2. The van der Waals surface area contributed by atoms with Crippen LogP contribution in [0.15, 0.2) is 42.5 Å². The van der Waals surface area contributed by atoms with E-state index in [2.05, 4.69) is 5.32 Å². The zero-order valence-electron chi connectivity index (χ0n) is 16.4. The molecule has 0 aromatic heterocycles. The summed E-state index contributed by atoms with van der Waals surface area (Å²) in [5.41, 5.74) is -0.894.